The fourth-order valence-corrected chi connectivity index (χ4v) is 1.95. The van der Waals surface area contributed by atoms with E-state index >= 15 is 0 Å². The highest BCUT2D eigenvalue weighted by Gasteiger charge is 2.25. The summed E-state index contributed by atoms with van der Waals surface area (Å²) in [5.41, 5.74) is 1.21. The monoisotopic (exact) mass is 295 g/mol. The molecule has 0 radical (unpaired) electrons. The van der Waals surface area contributed by atoms with E-state index in [0.29, 0.717) is 11.3 Å². The van der Waals surface area contributed by atoms with Crippen LogP contribution in [0.15, 0.2) is 18.2 Å². The highest BCUT2D eigenvalue weighted by atomic mass is 16.5. The molecule has 6 heteroatoms. The molecular formula is C15H21NO5. The van der Waals surface area contributed by atoms with Crippen molar-refractivity contribution in [2.75, 3.05) is 13.7 Å². The number of hydrogen-bond acceptors (Lipinski definition) is 5. The zero-order chi connectivity index (χ0) is 16.0. The minimum absolute atomic E-state index is 0.137. The Balaban J connectivity index is 3.03. The molecule has 0 saturated heterocycles. The first-order valence-corrected chi connectivity index (χ1v) is 6.67. The minimum atomic E-state index is -1.09. The summed E-state index contributed by atoms with van der Waals surface area (Å²) in [7, 11) is 1.46. The Kier molecular flexibility index (Phi) is 6.33. The molecule has 1 rings (SSSR count). The number of nitrogens with one attached hydrogen (secondary N) is 1. The average molecular weight is 295 g/mol. The van der Waals surface area contributed by atoms with E-state index in [0.717, 1.165) is 5.56 Å². The van der Waals surface area contributed by atoms with Gasteiger partial charge in [0.05, 0.1) is 31.2 Å². The number of rotatable bonds is 8. The van der Waals surface area contributed by atoms with E-state index in [4.69, 9.17) is 9.84 Å². The van der Waals surface area contributed by atoms with Crippen LogP contribution < -0.4 is 10.1 Å². The summed E-state index contributed by atoms with van der Waals surface area (Å²) in [6.07, 6.45) is -1.03. The number of aryl methyl sites for hydroxylation is 1. The van der Waals surface area contributed by atoms with E-state index in [1.165, 1.54) is 7.11 Å². The van der Waals surface area contributed by atoms with E-state index in [-0.39, 0.29) is 18.7 Å². The Bertz CT molecular complexity index is 513. The van der Waals surface area contributed by atoms with Crippen molar-refractivity contribution in [3.05, 3.63) is 29.3 Å². The van der Waals surface area contributed by atoms with Crippen LogP contribution in [0.5, 0.6) is 5.75 Å². The van der Waals surface area contributed by atoms with Gasteiger partial charge in [0.25, 0.3) is 0 Å². The smallest absolute Gasteiger partial charge is 0.305 e. The van der Waals surface area contributed by atoms with Gasteiger partial charge < -0.3 is 20.3 Å². The number of methoxy groups -OCH3 is 1. The fraction of sp³-hybridized carbons (Fsp3) is 0.467. The van der Waals surface area contributed by atoms with Gasteiger partial charge in [-0.25, -0.2) is 0 Å². The highest BCUT2D eigenvalue weighted by Crippen LogP contribution is 2.22. The van der Waals surface area contributed by atoms with Crippen LogP contribution in [0.3, 0.4) is 0 Å². The van der Waals surface area contributed by atoms with Gasteiger partial charge in [-0.15, -0.1) is 0 Å². The number of carboxylic acids is 1. The number of aliphatic carboxylic acids is 1. The van der Waals surface area contributed by atoms with Crippen molar-refractivity contribution in [2.45, 2.75) is 32.4 Å². The van der Waals surface area contributed by atoms with E-state index in [2.05, 4.69) is 5.32 Å². The normalized spacial score (nSPS) is 13.5. The molecule has 21 heavy (non-hydrogen) atoms. The molecule has 2 unspecified atom stereocenters. The summed E-state index contributed by atoms with van der Waals surface area (Å²) in [5, 5.41) is 21.0. The van der Waals surface area contributed by atoms with E-state index in [1.54, 1.807) is 19.1 Å². The Hall–Kier alpha value is -1.92. The minimum Gasteiger partial charge on any atom is -0.496 e. The van der Waals surface area contributed by atoms with Crippen LogP contribution in [-0.4, -0.2) is 47.8 Å². The van der Waals surface area contributed by atoms with Crippen LogP contribution in [0.2, 0.25) is 0 Å². The molecule has 0 aliphatic carbocycles. The molecule has 1 aromatic rings. The van der Waals surface area contributed by atoms with Crippen molar-refractivity contribution < 1.29 is 24.5 Å². The van der Waals surface area contributed by atoms with Gasteiger partial charge in [0, 0.05) is 6.54 Å². The summed E-state index contributed by atoms with van der Waals surface area (Å²) < 4.78 is 5.16. The lowest BCUT2D eigenvalue weighted by Crippen LogP contribution is -2.42. The number of aliphatic hydroxyl groups excluding tert-OH is 1. The zero-order valence-corrected chi connectivity index (χ0v) is 12.4. The van der Waals surface area contributed by atoms with Gasteiger partial charge in [0.15, 0.2) is 5.78 Å². The van der Waals surface area contributed by atoms with Crippen LogP contribution in [0, 0.1) is 6.92 Å². The van der Waals surface area contributed by atoms with E-state index < -0.39 is 18.1 Å². The van der Waals surface area contributed by atoms with Gasteiger partial charge in [0.2, 0.25) is 0 Å². The van der Waals surface area contributed by atoms with Crippen LogP contribution in [0.4, 0.5) is 0 Å². The van der Waals surface area contributed by atoms with Crippen molar-refractivity contribution in [3.63, 3.8) is 0 Å². The van der Waals surface area contributed by atoms with Gasteiger partial charge in [-0.2, -0.15) is 0 Å². The first-order chi connectivity index (χ1) is 9.85. The van der Waals surface area contributed by atoms with E-state index in [9.17, 15) is 14.7 Å². The second-order valence-electron chi connectivity index (χ2n) is 4.98. The van der Waals surface area contributed by atoms with Gasteiger partial charge in [0.1, 0.15) is 5.75 Å². The molecule has 6 nitrogen and oxygen atoms in total. The Morgan fingerprint density at radius 3 is 2.57 bits per heavy atom. The molecule has 0 amide bonds. The average Bonchev–Trinajstić information content (AvgIpc) is 2.42. The van der Waals surface area contributed by atoms with Gasteiger partial charge >= 0.3 is 5.97 Å². The molecule has 1 aromatic carbocycles. The highest BCUT2D eigenvalue weighted by molar-refractivity contribution is 6.04. The number of carbonyl (C=O) groups excluding carboxylic acids is 1. The number of carbonyl (C=O) groups is 2. The summed E-state index contributed by atoms with van der Waals surface area (Å²) in [6.45, 7) is 3.53. The molecule has 0 bridgehead atoms. The molecule has 0 aliphatic heterocycles. The molecule has 2 atom stereocenters. The maximum atomic E-state index is 12.5. The van der Waals surface area contributed by atoms with Crippen LogP contribution >= 0.6 is 0 Å². The Morgan fingerprint density at radius 2 is 2.05 bits per heavy atom. The number of benzene rings is 1. The van der Waals surface area contributed by atoms with Gasteiger partial charge in [-0.3, -0.25) is 9.59 Å². The first-order valence-electron chi connectivity index (χ1n) is 6.67. The predicted octanol–water partition coefficient (Wildman–Crippen LogP) is 1.00. The molecule has 0 aromatic heterocycles. The molecule has 116 valence electrons. The van der Waals surface area contributed by atoms with Gasteiger partial charge in [-0.05, 0) is 26.0 Å². The lowest BCUT2D eigenvalue weighted by Gasteiger charge is -2.18. The predicted molar refractivity (Wildman–Crippen MR) is 77.8 cm³/mol. The second kappa shape index (κ2) is 7.75. The number of aliphatic hydroxyl groups is 1. The first kappa shape index (κ1) is 17.1. The van der Waals surface area contributed by atoms with Crippen molar-refractivity contribution in [1.29, 1.82) is 0 Å². The van der Waals surface area contributed by atoms with Gasteiger partial charge in [-0.1, -0.05) is 11.6 Å². The van der Waals surface area contributed by atoms with Crippen molar-refractivity contribution in [1.82, 2.24) is 5.32 Å². The molecule has 3 N–H and O–H groups in total. The number of ether oxygens (including phenoxy) is 1. The number of hydrogen-bond donors (Lipinski definition) is 3. The van der Waals surface area contributed by atoms with Crippen molar-refractivity contribution >= 4 is 11.8 Å². The number of Topliss-reactive ketones (excluding diaryl/α,β-unsaturated/α-hetero) is 1. The summed E-state index contributed by atoms with van der Waals surface area (Å²) in [4.78, 5) is 23.5. The molecule has 0 spiro atoms. The van der Waals surface area contributed by atoms with Crippen molar-refractivity contribution in [2.24, 2.45) is 0 Å². The molecule has 0 aliphatic rings. The van der Waals surface area contributed by atoms with E-state index in [1.807, 2.05) is 13.0 Å². The summed E-state index contributed by atoms with van der Waals surface area (Å²) in [5.74, 6) is -1.04. The largest absolute Gasteiger partial charge is 0.496 e. The molecule has 0 heterocycles. The fourth-order valence-electron chi connectivity index (χ4n) is 1.95. The third-order valence-corrected chi connectivity index (χ3v) is 2.98. The molecule has 0 saturated carbocycles. The van der Waals surface area contributed by atoms with Crippen LogP contribution in [-0.2, 0) is 4.79 Å². The third-order valence-electron chi connectivity index (χ3n) is 2.98. The van der Waals surface area contributed by atoms with Crippen molar-refractivity contribution in [3.8, 4) is 5.75 Å². The van der Waals surface area contributed by atoms with Crippen LogP contribution in [0.1, 0.15) is 29.3 Å². The lowest BCUT2D eigenvalue weighted by molar-refractivity contribution is -0.137. The third kappa shape index (κ3) is 5.17. The van der Waals surface area contributed by atoms with Crippen LogP contribution in [0.25, 0.3) is 0 Å². The number of carboxylic acid groups (broad SMARTS) is 1. The maximum Gasteiger partial charge on any atom is 0.305 e. The Morgan fingerprint density at radius 1 is 1.38 bits per heavy atom. The summed E-state index contributed by atoms with van der Waals surface area (Å²) in [6, 6.07) is 4.24. The quantitative estimate of drug-likeness (QED) is 0.619. The zero-order valence-electron chi connectivity index (χ0n) is 12.4. The molecular weight excluding hydrogens is 274 g/mol. The Labute approximate surface area is 123 Å². The second-order valence-corrected chi connectivity index (χ2v) is 4.98. The molecule has 0 fully saturated rings. The number of ketones is 1. The standard InChI is InChI=1S/C15H21NO5/c1-9-4-5-13(21-3)11(6-9)15(20)12(7-14(18)19)16-8-10(2)17/h4-6,10,12,16-17H,7-8H2,1-3H3,(H,18,19). The maximum absolute atomic E-state index is 12.5. The summed E-state index contributed by atoms with van der Waals surface area (Å²) >= 11 is 0. The SMILES string of the molecule is COc1ccc(C)cc1C(=O)C(CC(=O)O)NCC(C)O. The lowest BCUT2D eigenvalue weighted by atomic mass is 9.99. The topological polar surface area (TPSA) is 95.9 Å².